The van der Waals surface area contributed by atoms with Crippen LogP contribution in [0.3, 0.4) is 0 Å². The van der Waals surface area contributed by atoms with Crippen molar-refractivity contribution in [2.45, 2.75) is 31.6 Å². The van der Waals surface area contributed by atoms with Crippen molar-refractivity contribution in [2.24, 2.45) is 0 Å². The zero-order valence-electron chi connectivity index (χ0n) is 11.3. The summed E-state index contributed by atoms with van der Waals surface area (Å²) in [6.45, 7) is 2.50. The van der Waals surface area contributed by atoms with Gasteiger partial charge in [-0.3, -0.25) is 0 Å². The van der Waals surface area contributed by atoms with Gasteiger partial charge < -0.3 is 10.2 Å². The van der Waals surface area contributed by atoms with E-state index in [1.54, 1.807) is 12.1 Å². The van der Waals surface area contributed by atoms with Crippen LogP contribution in [0.15, 0.2) is 24.3 Å². The Labute approximate surface area is 121 Å². The average Bonchev–Trinajstić information content (AvgIpc) is 2.35. The van der Waals surface area contributed by atoms with Gasteiger partial charge in [-0.05, 0) is 29.9 Å². The number of nitrogens with zero attached hydrogens (tertiary/aromatic N) is 1. The van der Waals surface area contributed by atoms with Crippen molar-refractivity contribution in [3.05, 3.63) is 29.8 Å². The molecule has 2 amide bonds. The quantitative estimate of drug-likeness (QED) is 0.897. The van der Waals surface area contributed by atoms with E-state index in [4.69, 9.17) is 0 Å². The van der Waals surface area contributed by atoms with E-state index in [-0.39, 0.29) is 0 Å². The van der Waals surface area contributed by atoms with E-state index in [1.165, 1.54) is 10.5 Å². The number of hydrogen-bond donors (Lipinski definition) is 1. The maximum absolute atomic E-state index is 12.6. The largest absolute Gasteiger partial charge is 0.322 e. The molecule has 1 aromatic carbocycles. The van der Waals surface area contributed by atoms with Gasteiger partial charge in [-0.2, -0.15) is 11.8 Å². The molecule has 1 saturated heterocycles. The monoisotopic (exact) mass is 300 g/mol. The molecule has 0 radical (unpaired) electrons. The highest BCUT2D eigenvalue weighted by Crippen LogP contribution is 2.24. The van der Waals surface area contributed by atoms with Crippen LogP contribution in [0.1, 0.15) is 18.9 Å². The molecule has 3 nitrogen and oxygen atoms in total. The van der Waals surface area contributed by atoms with Crippen molar-refractivity contribution in [3.8, 4) is 0 Å². The van der Waals surface area contributed by atoms with Gasteiger partial charge in [-0.25, -0.2) is 13.6 Å². The van der Waals surface area contributed by atoms with Crippen molar-refractivity contribution >= 4 is 23.5 Å². The molecule has 0 aliphatic carbocycles. The third-order valence-corrected chi connectivity index (χ3v) is 4.24. The Morgan fingerprint density at radius 2 is 2.15 bits per heavy atom. The first-order valence-electron chi connectivity index (χ1n) is 6.64. The van der Waals surface area contributed by atoms with Crippen molar-refractivity contribution < 1.29 is 13.6 Å². The van der Waals surface area contributed by atoms with Crippen LogP contribution in [0.4, 0.5) is 19.3 Å². The minimum atomic E-state index is -2.47. The number of rotatable bonds is 5. The number of thioether (sulfide) groups is 1. The molecule has 2 rings (SSSR count). The summed E-state index contributed by atoms with van der Waals surface area (Å²) in [6, 6.07) is 6.12. The summed E-state index contributed by atoms with van der Waals surface area (Å²) in [5.74, 6) is 1.99. The molecule has 0 saturated carbocycles. The third kappa shape index (κ3) is 3.62. The summed E-state index contributed by atoms with van der Waals surface area (Å²) in [4.78, 5) is 13.0. The van der Waals surface area contributed by atoms with Crippen LogP contribution in [0.25, 0.3) is 0 Å². The molecule has 1 N–H and O–H groups in total. The lowest BCUT2D eigenvalue weighted by Gasteiger charge is -2.40. The van der Waals surface area contributed by atoms with Crippen LogP contribution in [-0.4, -0.2) is 35.7 Å². The minimum absolute atomic E-state index is 0.373. The Balaban J connectivity index is 1.88. The van der Waals surface area contributed by atoms with Crippen molar-refractivity contribution in [2.75, 3.05) is 17.6 Å². The molecule has 0 bridgehead atoms. The fourth-order valence-corrected chi connectivity index (χ4v) is 2.65. The number of likely N-dealkylation sites (tertiary alicyclic amines) is 1. The number of hydrogen-bond acceptors (Lipinski definition) is 2. The van der Waals surface area contributed by atoms with Gasteiger partial charge in [-0.15, -0.1) is 0 Å². The standard InChI is InChI=1S/C14H18F2N2OS/c1-2-20-9-10-3-5-11(6-4-10)17-14(19)18-8-7-12(18)13(15)16/h3-6,12-13H,2,7-9H2,1H3,(H,17,19). The number of amides is 2. The lowest BCUT2D eigenvalue weighted by molar-refractivity contribution is -0.00568. The van der Waals surface area contributed by atoms with E-state index >= 15 is 0 Å². The Morgan fingerprint density at radius 3 is 2.65 bits per heavy atom. The highest BCUT2D eigenvalue weighted by atomic mass is 32.2. The molecule has 1 atom stereocenters. The molecule has 6 heteroatoms. The molecule has 1 unspecified atom stereocenters. The number of nitrogens with one attached hydrogen (secondary N) is 1. The Hall–Kier alpha value is -1.30. The Morgan fingerprint density at radius 1 is 1.45 bits per heavy atom. The molecule has 1 heterocycles. The average molecular weight is 300 g/mol. The molecule has 1 aromatic rings. The summed E-state index contributed by atoms with van der Waals surface area (Å²) in [6.07, 6.45) is -2.10. The van der Waals surface area contributed by atoms with Gasteiger partial charge in [0, 0.05) is 18.0 Å². The molecule has 1 fully saturated rings. The van der Waals surface area contributed by atoms with Crippen molar-refractivity contribution in [3.63, 3.8) is 0 Å². The van der Waals surface area contributed by atoms with Crippen LogP contribution in [-0.2, 0) is 5.75 Å². The fourth-order valence-electron chi connectivity index (χ4n) is 2.02. The summed E-state index contributed by atoms with van der Waals surface area (Å²) in [5.41, 5.74) is 1.82. The fraction of sp³-hybridized carbons (Fsp3) is 0.500. The van der Waals surface area contributed by atoms with Gasteiger partial charge in [0.1, 0.15) is 0 Å². The smallest absolute Gasteiger partial charge is 0.316 e. The molecular formula is C14H18F2N2OS. The molecule has 0 aromatic heterocycles. The summed E-state index contributed by atoms with van der Waals surface area (Å²) >= 11 is 1.82. The maximum atomic E-state index is 12.6. The molecule has 1 aliphatic heterocycles. The zero-order chi connectivity index (χ0) is 14.5. The molecule has 0 spiro atoms. The van der Waals surface area contributed by atoms with Crippen LogP contribution in [0.2, 0.25) is 0 Å². The maximum Gasteiger partial charge on any atom is 0.322 e. The number of carbonyl (C=O) groups is 1. The molecule has 1 aliphatic rings. The SMILES string of the molecule is CCSCc1ccc(NC(=O)N2CCC2C(F)F)cc1. The van der Waals surface area contributed by atoms with Crippen LogP contribution < -0.4 is 5.32 Å². The Bertz CT molecular complexity index is 453. The van der Waals surface area contributed by atoms with Crippen molar-refractivity contribution in [1.82, 2.24) is 4.90 Å². The predicted octanol–water partition coefficient (Wildman–Crippen LogP) is 3.81. The summed E-state index contributed by atoms with van der Waals surface area (Å²) in [5, 5.41) is 2.66. The number of anilines is 1. The number of urea groups is 1. The van der Waals surface area contributed by atoms with Crippen LogP contribution in [0, 0.1) is 0 Å². The minimum Gasteiger partial charge on any atom is -0.316 e. The second kappa shape index (κ2) is 6.92. The predicted molar refractivity (Wildman–Crippen MR) is 78.4 cm³/mol. The van der Waals surface area contributed by atoms with Gasteiger partial charge in [0.15, 0.2) is 0 Å². The van der Waals surface area contributed by atoms with Crippen LogP contribution in [0.5, 0.6) is 0 Å². The second-order valence-corrected chi connectivity index (χ2v) is 5.92. The molecule has 20 heavy (non-hydrogen) atoms. The highest BCUT2D eigenvalue weighted by Gasteiger charge is 2.38. The van der Waals surface area contributed by atoms with Gasteiger partial charge in [0.05, 0.1) is 6.04 Å². The van der Waals surface area contributed by atoms with Gasteiger partial charge in [0.25, 0.3) is 6.43 Å². The molecular weight excluding hydrogens is 282 g/mol. The number of carbonyl (C=O) groups excluding carboxylic acids is 1. The normalized spacial score (nSPS) is 18.0. The van der Waals surface area contributed by atoms with Gasteiger partial charge in [0.2, 0.25) is 0 Å². The third-order valence-electron chi connectivity index (χ3n) is 3.30. The lowest BCUT2D eigenvalue weighted by Crippen LogP contribution is -2.56. The topological polar surface area (TPSA) is 32.3 Å². The summed E-state index contributed by atoms with van der Waals surface area (Å²) in [7, 11) is 0. The highest BCUT2D eigenvalue weighted by molar-refractivity contribution is 7.98. The summed E-state index contributed by atoms with van der Waals surface area (Å²) < 4.78 is 25.2. The second-order valence-electron chi connectivity index (χ2n) is 4.65. The number of alkyl halides is 2. The van der Waals surface area contributed by atoms with E-state index in [1.807, 2.05) is 23.9 Å². The first-order chi connectivity index (χ1) is 9.61. The van der Waals surface area contributed by atoms with Crippen molar-refractivity contribution in [1.29, 1.82) is 0 Å². The van der Waals surface area contributed by atoms with E-state index < -0.39 is 18.5 Å². The number of benzene rings is 1. The van der Waals surface area contributed by atoms with E-state index in [9.17, 15) is 13.6 Å². The zero-order valence-corrected chi connectivity index (χ0v) is 12.1. The van der Waals surface area contributed by atoms with E-state index in [0.29, 0.717) is 18.7 Å². The van der Waals surface area contributed by atoms with E-state index in [0.717, 1.165) is 11.5 Å². The van der Waals surface area contributed by atoms with Gasteiger partial charge >= 0.3 is 6.03 Å². The lowest BCUT2D eigenvalue weighted by atomic mass is 10.1. The molecule has 110 valence electrons. The first kappa shape index (κ1) is 15.1. The Kier molecular flexibility index (Phi) is 5.23. The van der Waals surface area contributed by atoms with E-state index in [2.05, 4.69) is 12.2 Å². The first-order valence-corrected chi connectivity index (χ1v) is 7.79. The number of halogens is 2. The van der Waals surface area contributed by atoms with Gasteiger partial charge in [-0.1, -0.05) is 19.1 Å². The van der Waals surface area contributed by atoms with Crippen LogP contribution >= 0.6 is 11.8 Å².